The molecule has 0 radical (unpaired) electrons. The number of benzene rings is 2. The summed E-state index contributed by atoms with van der Waals surface area (Å²) in [6, 6.07) is 12.3. The number of hydrogen-bond donors (Lipinski definition) is 1. The predicted octanol–water partition coefficient (Wildman–Crippen LogP) is 3.73. The maximum atomic E-state index is 10.2. The number of hydrogen-bond acceptors (Lipinski definition) is 4. The zero-order chi connectivity index (χ0) is 17.8. The van der Waals surface area contributed by atoms with E-state index in [0.717, 1.165) is 56.0 Å². The average molecular weight is 340 g/mol. The molecule has 4 nitrogen and oxygen atoms in total. The van der Waals surface area contributed by atoms with Gasteiger partial charge < -0.3 is 14.7 Å². The Bertz CT molecular complexity index is 713. The van der Waals surface area contributed by atoms with Crippen molar-refractivity contribution in [3.63, 3.8) is 0 Å². The van der Waals surface area contributed by atoms with Gasteiger partial charge in [-0.05, 0) is 61.7 Å². The quantitative estimate of drug-likeness (QED) is 0.920. The van der Waals surface area contributed by atoms with Gasteiger partial charge in [-0.25, -0.2) is 0 Å². The number of phenolic OH excluding ortho intramolecular Hbond substituents is 1. The molecule has 0 bridgehead atoms. The largest absolute Gasteiger partial charge is 0.508 e. The molecule has 3 rings (SSSR count). The monoisotopic (exact) mass is 340 g/mol. The smallest absolute Gasteiger partial charge is 0.120 e. The van der Waals surface area contributed by atoms with Crippen LogP contribution in [0.2, 0.25) is 0 Å². The van der Waals surface area contributed by atoms with Crippen molar-refractivity contribution in [3.8, 4) is 11.5 Å². The lowest BCUT2D eigenvalue weighted by Crippen LogP contribution is -2.30. The van der Waals surface area contributed by atoms with Gasteiger partial charge in [-0.2, -0.15) is 0 Å². The van der Waals surface area contributed by atoms with E-state index in [-0.39, 0.29) is 0 Å². The second kappa shape index (κ2) is 7.79. The standard InChI is InChI=1S/C21H28N2O2/c1-16-13-18(21(24)14-17(16)2)15-22-9-4-10-23(12-11-22)19-5-7-20(25-3)8-6-19/h5-8,13-14,24H,4,9-12,15H2,1-3H3. The van der Waals surface area contributed by atoms with Gasteiger partial charge in [-0.1, -0.05) is 6.07 Å². The number of anilines is 1. The van der Waals surface area contributed by atoms with E-state index in [1.165, 1.54) is 11.3 Å². The van der Waals surface area contributed by atoms with Gasteiger partial charge in [0.2, 0.25) is 0 Å². The predicted molar refractivity (Wildman–Crippen MR) is 103 cm³/mol. The molecule has 4 heteroatoms. The summed E-state index contributed by atoms with van der Waals surface area (Å²) in [6.07, 6.45) is 1.12. The fourth-order valence-electron chi connectivity index (χ4n) is 3.41. The van der Waals surface area contributed by atoms with Crippen molar-refractivity contribution in [3.05, 3.63) is 53.1 Å². The van der Waals surface area contributed by atoms with Crippen molar-refractivity contribution in [1.82, 2.24) is 4.90 Å². The molecule has 2 aromatic rings. The van der Waals surface area contributed by atoms with Crippen molar-refractivity contribution in [1.29, 1.82) is 0 Å². The normalized spacial score (nSPS) is 15.9. The first-order valence-corrected chi connectivity index (χ1v) is 8.97. The lowest BCUT2D eigenvalue weighted by molar-refractivity contribution is 0.281. The lowest BCUT2D eigenvalue weighted by atomic mass is 10.0. The van der Waals surface area contributed by atoms with Crippen LogP contribution in [0.15, 0.2) is 36.4 Å². The van der Waals surface area contributed by atoms with E-state index in [2.05, 4.69) is 34.9 Å². The van der Waals surface area contributed by atoms with Crippen LogP contribution in [0.1, 0.15) is 23.1 Å². The third-order valence-corrected chi connectivity index (χ3v) is 5.12. The Balaban J connectivity index is 1.64. The van der Waals surface area contributed by atoms with Crippen molar-refractivity contribution < 1.29 is 9.84 Å². The molecule has 1 aliphatic heterocycles. The van der Waals surface area contributed by atoms with Gasteiger partial charge >= 0.3 is 0 Å². The molecule has 0 aliphatic carbocycles. The summed E-state index contributed by atoms with van der Waals surface area (Å²) in [5, 5.41) is 10.2. The summed E-state index contributed by atoms with van der Waals surface area (Å²) in [5.74, 6) is 1.31. The summed E-state index contributed by atoms with van der Waals surface area (Å²) in [4.78, 5) is 4.87. The van der Waals surface area contributed by atoms with Crippen molar-refractivity contribution in [2.45, 2.75) is 26.8 Å². The Morgan fingerprint density at radius 2 is 1.68 bits per heavy atom. The molecular weight excluding hydrogens is 312 g/mol. The van der Waals surface area contributed by atoms with Crippen LogP contribution in [0.4, 0.5) is 5.69 Å². The molecule has 0 atom stereocenters. The number of rotatable bonds is 4. The van der Waals surface area contributed by atoms with Crippen LogP contribution in [-0.2, 0) is 6.54 Å². The Kier molecular flexibility index (Phi) is 5.49. The van der Waals surface area contributed by atoms with E-state index < -0.39 is 0 Å². The molecule has 25 heavy (non-hydrogen) atoms. The first-order chi connectivity index (χ1) is 12.1. The molecule has 0 unspecified atom stereocenters. The SMILES string of the molecule is COc1ccc(N2CCCN(Cc3cc(C)c(C)cc3O)CC2)cc1. The summed E-state index contributed by atoms with van der Waals surface area (Å²) in [7, 11) is 1.70. The highest BCUT2D eigenvalue weighted by Gasteiger charge is 2.17. The summed E-state index contributed by atoms with van der Waals surface area (Å²) in [6.45, 7) is 9.06. The third-order valence-electron chi connectivity index (χ3n) is 5.12. The molecule has 0 saturated carbocycles. The van der Waals surface area contributed by atoms with E-state index in [1.807, 2.05) is 25.1 Å². The fraction of sp³-hybridized carbons (Fsp3) is 0.429. The molecule has 0 spiro atoms. The van der Waals surface area contributed by atoms with Crippen molar-refractivity contribution in [2.24, 2.45) is 0 Å². The summed E-state index contributed by atoms with van der Waals surface area (Å²) < 4.78 is 5.24. The Labute approximate surface area is 150 Å². The minimum atomic E-state index is 0.416. The first kappa shape index (κ1) is 17.6. The molecule has 1 fully saturated rings. The second-order valence-corrected chi connectivity index (χ2v) is 6.88. The number of aryl methyl sites for hydroxylation is 2. The summed E-state index contributed by atoms with van der Waals surface area (Å²) in [5.41, 5.74) is 4.66. The van der Waals surface area contributed by atoms with Crippen LogP contribution in [0.25, 0.3) is 0 Å². The van der Waals surface area contributed by atoms with Crippen molar-refractivity contribution >= 4 is 5.69 Å². The van der Waals surface area contributed by atoms with Crippen LogP contribution in [0.5, 0.6) is 11.5 Å². The maximum Gasteiger partial charge on any atom is 0.120 e. The van der Waals surface area contributed by atoms with Gasteiger partial charge in [0, 0.05) is 44.0 Å². The molecule has 1 N–H and O–H groups in total. The van der Waals surface area contributed by atoms with E-state index in [9.17, 15) is 5.11 Å². The Morgan fingerprint density at radius 1 is 0.960 bits per heavy atom. The number of nitrogens with zero attached hydrogens (tertiary/aromatic N) is 2. The molecule has 1 aliphatic rings. The van der Waals surface area contributed by atoms with Gasteiger partial charge in [0.05, 0.1) is 7.11 Å². The highest BCUT2D eigenvalue weighted by atomic mass is 16.5. The average Bonchev–Trinajstić information content (AvgIpc) is 2.85. The minimum absolute atomic E-state index is 0.416. The fourth-order valence-corrected chi connectivity index (χ4v) is 3.41. The molecule has 1 heterocycles. The van der Waals surface area contributed by atoms with Gasteiger partial charge in [-0.15, -0.1) is 0 Å². The molecular formula is C21H28N2O2. The van der Waals surface area contributed by atoms with E-state index in [1.54, 1.807) is 7.11 Å². The minimum Gasteiger partial charge on any atom is -0.508 e. The van der Waals surface area contributed by atoms with Crippen molar-refractivity contribution in [2.75, 3.05) is 38.2 Å². The third kappa shape index (κ3) is 4.26. The van der Waals surface area contributed by atoms with Crippen LogP contribution >= 0.6 is 0 Å². The van der Waals surface area contributed by atoms with Crippen LogP contribution in [0.3, 0.4) is 0 Å². The summed E-state index contributed by atoms with van der Waals surface area (Å²) >= 11 is 0. The highest BCUT2D eigenvalue weighted by Crippen LogP contribution is 2.25. The lowest BCUT2D eigenvalue weighted by Gasteiger charge is -2.24. The molecule has 1 saturated heterocycles. The van der Waals surface area contributed by atoms with Gasteiger partial charge in [0.15, 0.2) is 0 Å². The van der Waals surface area contributed by atoms with E-state index >= 15 is 0 Å². The molecule has 0 aromatic heterocycles. The zero-order valence-corrected chi connectivity index (χ0v) is 15.5. The number of phenols is 1. The molecule has 134 valence electrons. The second-order valence-electron chi connectivity index (χ2n) is 6.88. The van der Waals surface area contributed by atoms with E-state index in [4.69, 9.17) is 4.74 Å². The van der Waals surface area contributed by atoms with Crippen LogP contribution in [0, 0.1) is 13.8 Å². The molecule has 2 aromatic carbocycles. The highest BCUT2D eigenvalue weighted by molar-refractivity contribution is 5.49. The Hall–Kier alpha value is -2.20. The van der Waals surface area contributed by atoms with Gasteiger partial charge in [-0.3, -0.25) is 4.90 Å². The molecule has 0 amide bonds. The van der Waals surface area contributed by atoms with Crippen LogP contribution in [-0.4, -0.2) is 43.3 Å². The number of methoxy groups -OCH3 is 1. The zero-order valence-electron chi connectivity index (χ0n) is 15.5. The number of ether oxygens (including phenoxy) is 1. The van der Waals surface area contributed by atoms with E-state index in [0.29, 0.717) is 5.75 Å². The van der Waals surface area contributed by atoms with Gasteiger partial charge in [0.25, 0.3) is 0 Å². The first-order valence-electron chi connectivity index (χ1n) is 8.97. The van der Waals surface area contributed by atoms with Crippen LogP contribution < -0.4 is 9.64 Å². The van der Waals surface area contributed by atoms with Gasteiger partial charge in [0.1, 0.15) is 11.5 Å². The maximum absolute atomic E-state index is 10.2. The topological polar surface area (TPSA) is 35.9 Å². The number of aromatic hydroxyl groups is 1. The Morgan fingerprint density at radius 3 is 2.40 bits per heavy atom.